The third kappa shape index (κ3) is 4.70. The van der Waals surface area contributed by atoms with Crippen molar-refractivity contribution in [1.82, 2.24) is 15.1 Å². The molecule has 1 aliphatic heterocycles. The van der Waals surface area contributed by atoms with Gasteiger partial charge in [0.2, 0.25) is 0 Å². The summed E-state index contributed by atoms with van der Waals surface area (Å²) in [6, 6.07) is 7.51. The van der Waals surface area contributed by atoms with E-state index in [4.69, 9.17) is 0 Å². The average Bonchev–Trinajstić information content (AvgIpc) is 3.15. The van der Waals surface area contributed by atoms with Crippen molar-refractivity contribution in [2.24, 2.45) is 5.92 Å². The van der Waals surface area contributed by atoms with Gasteiger partial charge in [-0.25, -0.2) is 0 Å². The first-order valence-corrected chi connectivity index (χ1v) is 9.37. The Balaban J connectivity index is 1.61. The van der Waals surface area contributed by atoms with Gasteiger partial charge >= 0.3 is 6.18 Å². The number of hydrogen-bond acceptors (Lipinski definition) is 2. The van der Waals surface area contributed by atoms with Crippen LogP contribution in [0.1, 0.15) is 53.5 Å². The molecule has 0 bridgehead atoms. The van der Waals surface area contributed by atoms with Gasteiger partial charge < -0.3 is 4.90 Å². The molecule has 2 aromatic rings. The van der Waals surface area contributed by atoms with Gasteiger partial charge in [-0.15, -0.1) is 0 Å². The first-order valence-electron chi connectivity index (χ1n) is 9.37. The predicted octanol–water partition coefficient (Wildman–Crippen LogP) is 4.48. The number of amides is 1. The van der Waals surface area contributed by atoms with Crippen molar-refractivity contribution in [3.05, 3.63) is 52.8 Å². The van der Waals surface area contributed by atoms with Crippen LogP contribution in [0.2, 0.25) is 0 Å². The lowest BCUT2D eigenvalue weighted by molar-refractivity contribution is -0.138. The number of carbonyl (C=O) groups is 1. The molecule has 1 fully saturated rings. The van der Waals surface area contributed by atoms with Crippen molar-refractivity contribution in [2.45, 2.75) is 45.2 Å². The summed E-state index contributed by atoms with van der Waals surface area (Å²) in [6.45, 7) is 3.22. The Morgan fingerprint density at radius 1 is 1.33 bits per heavy atom. The van der Waals surface area contributed by atoms with Gasteiger partial charge in [0.15, 0.2) is 0 Å². The number of carbonyl (C=O) groups excluding carboxylic acids is 1. The maximum atomic E-state index is 13.1. The van der Waals surface area contributed by atoms with E-state index in [0.29, 0.717) is 37.2 Å². The number of benzene rings is 1. The highest BCUT2D eigenvalue weighted by atomic mass is 19.4. The fourth-order valence-corrected chi connectivity index (χ4v) is 3.67. The van der Waals surface area contributed by atoms with Gasteiger partial charge in [-0.1, -0.05) is 25.1 Å². The van der Waals surface area contributed by atoms with E-state index >= 15 is 0 Å². The number of aromatic nitrogens is 2. The van der Waals surface area contributed by atoms with Crippen LogP contribution in [0.3, 0.4) is 0 Å². The first kappa shape index (κ1) is 19.5. The van der Waals surface area contributed by atoms with E-state index in [1.165, 1.54) is 6.07 Å². The number of likely N-dealkylation sites (tertiary alicyclic amines) is 1. The van der Waals surface area contributed by atoms with E-state index in [9.17, 15) is 18.0 Å². The van der Waals surface area contributed by atoms with E-state index in [1.807, 2.05) is 6.92 Å². The molecular weight excluding hydrogens is 355 g/mol. The molecule has 0 unspecified atom stereocenters. The fourth-order valence-electron chi connectivity index (χ4n) is 3.67. The van der Waals surface area contributed by atoms with Crippen LogP contribution in [0.25, 0.3) is 0 Å². The Hall–Kier alpha value is -2.31. The van der Waals surface area contributed by atoms with Crippen LogP contribution in [0.4, 0.5) is 13.2 Å². The largest absolute Gasteiger partial charge is 0.416 e. The molecule has 1 aromatic carbocycles. The number of H-pyrrole nitrogens is 1. The molecular formula is C20H24F3N3O. The monoisotopic (exact) mass is 379 g/mol. The van der Waals surface area contributed by atoms with Gasteiger partial charge in [0.1, 0.15) is 5.69 Å². The van der Waals surface area contributed by atoms with Gasteiger partial charge in [0.05, 0.1) is 5.56 Å². The SMILES string of the molecule is CCc1cc(C(=O)N2CCC[C@H](CCc3ccccc3C(F)(F)F)C2)n[nH]1. The smallest absolute Gasteiger partial charge is 0.337 e. The number of hydrogen-bond donors (Lipinski definition) is 1. The summed E-state index contributed by atoms with van der Waals surface area (Å²) in [5, 5.41) is 6.93. The molecule has 1 N–H and O–H groups in total. The van der Waals surface area contributed by atoms with Gasteiger partial charge in [0, 0.05) is 18.8 Å². The van der Waals surface area contributed by atoms with Crippen LogP contribution >= 0.6 is 0 Å². The number of aryl methyl sites for hydroxylation is 2. The van der Waals surface area contributed by atoms with Crippen molar-refractivity contribution < 1.29 is 18.0 Å². The minimum atomic E-state index is -4.33. The maximum absolute atomic E-state index is 13.1. The molecule has 0 saturated carbocycles. The third-order valence-corrected chi connectivity index (χ3v) is 5.18. The van der Waals surface area contributed by atoms with E-state index in [0.717, 1.165) is 31.0 Å². The zero-order valence-electron chi connectivity index (χ0n) is 15.4. The third-order valence-electron chi connectivity index (χ3n) is 5.18. The number of nitrogens with one attached hydrogen (secondary N) is 1. The van der Waals surface area contributed by atoms with Crippen LogP contribution in [0, 0.1) is 5.92 Å². The number of aromatic amines is 1. The van der Waals surface area contributed by atoms with Crippen LogP contribution < -0.4 is 0 Å². The number of piperidine rings is 1. The second kappa shape index (κ2) is 8.15. The molecule has 0 spiro atoms. The first-order chi connectivity index (χ1) is 12.9. The van der Waals surface area contributed by atoms with Crippen LogP contribution in [0.5, 0.6) is 0 Å². The van der Waals surface area contributed by atoms with Gasteiger partial charge in [-0.3, -0.25) is 9.89 Å². The molecule has 2 heterocycles. The molecule has 146 valence electrons. The highest BCUT2D eigenvalue weighted by Crippen LogP contribution is 2.33. The normalized spacial score (nSPS) is 17.9. The standard InChI is InChI=1S/C20H24F3N3O/c1-2-16-12-18(25-24-16)19(27)26-11-5-6-14(13-26)9-10-15-7-3-4-8-17(15)20(21,22)23/h3-4,7-8,12,14H,2,5-6,9-11,13H2,1H3,(H,24,25)/t14-/m1/s1. The summed E-state index contributed by atoms with van der Waals surface area (Å²) >= 11 is 0. The Morgan fingerprint density at radius 2 is 2.11 bits per heavy atom. The van der Waals surface area contributed by atoms with Gasteiger partial charge in [0.25, 0.3) is 5.91 Å². The van der Waals surface area contributed by atoms with Crippen molar-refractivity contribution in [1.29, 1.82) is 0 Å². The Morgan fingerprint density at radius 3 is 2.81 bits per heavy atom. The highest BCUT2D eigenvalue weighted by molar-refractivity contribution is 5.92. The van der Waals surface area contributed by atoms with Crippen LogP contribution in [-0.4, -0.2) is 34.1 Å². The molecule has 3 rings (SSSR count). The average molecular weight is 379 g/mol. The zero-order chi connectivity index (χ0) is 19.4. The number of rotatable bonds is 5. The second-order valence-corrected chi connectivity index (χ2v) is 7.08. The maximum Gasteiger partial charge on any atom is 0.416 e. The summed E-state index contributed by atoms with van der Waals surface area (Å²) in [4.78, 5) is 14.4. The van der Waals surface area contributed by atoms with Crippen molar-refractivity contribution in [3.8, 4) is 0 Å². The van der Waals surface area contributed by atoms with Crippen LogP contribution in [-0.2, 0) is 19.0 Å². The lowest BCUT2D eigenvalue weighted by Crippen LogP contribution is -2.40. The second-order valence-electron chi connectivity index (χ2n) is 7.08. The molecule has 0 aliphatic carbocycles. The number of alkyl halides is 3. The molecule has 1 amide bonds. The fraction of sp³-hybridized carbons (Fsp3) is 0.500. The van der Waals surface area contributed by atoms with E-state index in [1.54, 1.807) is 23.1 Å². The summed E-state index contributed by atoms with van der Waals surface area (Å²) in [5.74, 6) is 0.0971. The number of nitrogens with zero attached hydrogens (tertiary/aromatic N) is 2. The summed E-state index contributed by atoms with van der Waals surface area (Å²) in [6.07, 6.45) is -0.757. The Labute approximate surface area is 156 Å². The molecule has 7 heteroatoms. The minimum Gasteiger partial charge on any atom is -0.337 e. The summed E-state index contributed by atoms with van der Waals surface area (Å²) < 4.78 is 39.4. The van der Waals surface area contributed by atoms with E-state index in [-0.39, 0.29) is 11.8 Å². The molecule has 1 aliphatic rings. The Bertz CT molecular complexity index is 785. The lowest BCUT2D eigenvalue weighted by Gasteiger charge is -2.32. The van der Waals surface area contributed by atoms with E-state index < -0.39 is 11.7 Å². The van der Waals surface area contributed by atoms with Crippen LogP contribution in [0.15, 0.2) is 30.3 Å². The summed E-state index contributed by atoms with van der Waals surface area (Å²) in [5.41, 5.74) is 1.09. The molecule has 0 radical (unpaired) electrons. The molecule has 27 heavy (non-hydrogen) atoms. The Kier molecular flexibility index (Phi) is 5.87. The van der Waals surface area contributed by atoms with Gasteiger partial charge in [-0.05, 0) is 55.7 Å². The number of halogens is 3. The summed E-state index contributed by atoms with van der Waals surface area (Å²) in [7, 11) is 0. The minimum absolute atomic E-state index is 0.105. The van der Waals surface area contributed by atoms with Crippen molar-refractivity contribution in [2.75, 3.05) is 13.1 Å². The van der Waals surface area contributed by atoms with Crippen molar-refractivity contribution in [3.63, 3.8) is 0 Å². The predicted molar refractivity (Wildman–Crippen MR) is 96.4 cm³/mol. The van der Waals surface area contributed by atoms with E-state index in [2.05, 4.69) is 10.2 Å². The topological polar surface area (TPSA) is 49.0 Å². The molecule has 4 nitrogen and oxygen atoms in total. The molecule has 1 saturated heterocycles. The van der Waals surface area contributed by atoms with Gasteiger partial charge in [-0.2, -0.15) is 18.3 Å². The van der Waals surface area contributed by atoms with Crippen molar-refractivity contribution >= 4 is 5.91 Å². The lowest BCUT2D eigenvalue weighted by atomic mass is 9.90. The molecule has 1 atom stereocenters. The zero-order valence-corrected chi connectivity index (χ0v) is 15.4. The molecule has 1 aromatic heterocycles. The highest BCUT2D eigenvalue weighted by Gasteiger charge is 2.33. The quantitative estimate of drug-likeness (QED) is 0.833.